The van der Waals surface area contributed by atoms with Crippen LogP contribution < -0.4 is 55.6 Å². The molecule has 6 aliphatic rings. The number of carbonyl (C=O) groups excluding carboxylic acids is 3. The van der Waals surface area contributed by atoms with Crippen LogP contribution in [-0.2, 0) is 67.5 Å². The first-order valence-corrected chi connectivity index (χ1v) is 46.4. The van der Waals surface area contributed by atoms with Crippen LogP contribution in [0.15, 0.2) is 73.2 Å². The molecule has 3 aromatic heterocycles. The molecule has 6 fully saturated rings. The Bertz CT molecular complexity index is 4810. The number of hydrogen-bond acceptors (Lipinski definition) is 23. The zero-order valence-electron chi connectivity index (χ0n) is 70.1. The average Bonchev–Trinajstić information content (AvgIpc) is 1.26. The highest BCUT2D eigenvalue weighted by Gasteiger charge is 2.42. The maximum Gasteiger partial charge on any atom is 0.419 e. The number of nitrogens with zero attached hydrogens (tertiary/aromatic N) is 10. The Labute approximate surface area is 707 Å². The first-order chi connectivity index (χ1) is 57.4. The van der Waals surface area contributed by atoms with Crippen LogP contribution in [0, 0.1) is 17.8 Å². The summed E-state index contributed by atoms with van der Waals surface area (Å²) in [6.07, 6.45) is 3.78. The number of halogens is 9. The van der Waals surface area contributed by atoms with Crippen LogP contribution in [-0.4, -0.2) is 237 Å². The summed E-state index contributed by atoms with van der Waals surface area (Å²) >= 11 is 0. The third-order valence-corrected chi connectivity index (χ3v) is 26.1. The molecule has 3 aliphatic carbocycles. The third kappa shape index (κ3) is 27.3. The minimum atomic E-state index is -4.68. The summed E-state index contributed by atoms with van der Waals surface area (Å²) in [7, 11) is 2.60. The van der Waals surface area contributed by atoms with Gasteiger partial charge in [0.15, 0.2) is 0 Å². The fraction of sp³-hybridized carbons (Fsp3) is 0.580. The van der Waals surface area contributed by atoms with Crippen LogP contribution in [0.2, 0.25) is 0 Å². The number of benzene rings is 3. The van der Waals surface area contributed by atoms with Crippen molar-refractivity contribution in [3.8, 4) is 17.2 Å². The van der Waals surface area contributed by atoms with E-state index in [-0.39, 0.29) is 114 Å². The van der Waals surface area contributed by atoms with Crippen molar-refractivity contribution in [2.24, 2.45) is 17.8 Å². The van der Waals surface area contributed by atoms with E-state index in [1.807, 2.05) is 14.1 Å². The van der Waals surface area contributed by atoms with Crippen LogP contribution in [0.1, 0.15) is 168 Å². The van der Waals surface area contributed by atoms with Crippen molar-refractivity contribution in [3.63, 3.8) is 0 Å². The Hall–Kier alpha value is -8.84. The normalized spacial score (nSPS) is 21.2. The SMILES string of the molecule is C=S(C)(=O)N(C)[C@@H]1CCC[C@H]1Cc1nc(Nc2ccc(C(=O)NC3CCN(C)CC3)cc2OC)ncc1C(F)(F)F.COc1cc(C(=O)NC2CCN(C)CC2)ccc1Nc1ncc(C(F)(F)F)c(C[C@@H]2CCCC[C@H]2NS(C)(=O)=O)n1.COc1cc(C(=O)NC2CCN(C)CC2)ccc1Nc1ncc(C(F)(F)F)c(C[C@@H]2CCC[C@H]2NS(C)(=O)=O)n1. The lowest BCUT2D eigenvalue weighted by molar-refractivity contribution is -0.139. The van der Waals surface area contributed by atoms with Crippen molar-refractivity contribution in [2.45, 2.75) is 177 Å². The summed E-state index contributed by atoms with van der Waals surface area (Å²) in [6, 6.07) is 13.5. The van der Waals surface area contributed by atoms with Gasteiger partial charge in [-0.05, 0) is 242 Å². The summed E-state index contributed by atoms with van der Waals surface area (Å²) in [5.74, 6) is 2.97. The minimum Gasteiger partial charge on any atom is -0.495 e. The van der Waals surface area contributed by atoms with Gasteiger partial charge in [0.2, 0.25) is 37.9 Å². The standard InChI is InChI=1S/C28H39F3N6O3S.C27H37F3N6O4S.C26H35F3N6O4S/c1-36-13-11-20(12-14-36)33-26(38)19-9-10-22(25(16-19)40-3)34-27-32-17-21(28(29,30)31)23(35-27)15-18-7-6-8-24(18)37(2)41(4,5)39;1-36-12-10-19(11-13-36)32-25(37)18-8-9-22(24(15-18)40-2)33-26-31-16-20(27(28,29)30)23(34-26)14-17-6-4-5-7-21(17)35-41(3,38)39;1-35-11-9-18(10-12-35)31-24(36)17-7-8-21(23(14-17)39-2)32-25-30-15-19(26(27,28)29)22(33-25)13-16-5-4-6-20(16)34-40(3,37)38/h9-10,16-18,20,24H,4,6-8,11-15H2,1-3,5H3,(H,33,38)(H,32,34,35);8-9,15-17,19,21,35H,4-7,10-14H2,1-3H3,(H,32,37)(H,31,33,34);7-8,14-16,18,20,34H,4-6,9-13H2,1-3H3,(H,31,36)(H,30,32,33)/t18-,24+,41?;17-,21+;16-,20+/m000/s1. The van der Waals surface area contributed by atoms with Gasteiger partial charge in [-0.15, -0.1) is 0 Å². The molecule has 12 rings (SSSR count). The Morgan fingerprint density at radius 1 is 0.443 bits per heavy atom. The first kappa shape index (κ1) is 95.4. The Morgan fingerprint density at radius 3 is 1.03 bits per heavy atom. The number of nitrogens with one attached hydrogen (secondary N) is 8. The fourth-order valence-electron chi connectivity index (χ4n) is 16.4. The van der Waals surface area contributed by atoms with Gasteiger partial charge in [-0.2, -0.15) is 39.5 Å². The molecular formula is C81H111F9N18O11S3. The van der Waals surface area contributed by atoms with Gasteiger partial charge in [0, 0.05) is 87.5 Å². The van der Waals surface area contributed by atoms with E-state index >= 15 is 0 Å². The second-order valence-corrected chi connectivity index (χ2v) is 38.6. The maximum absolute atomic E-state index is 13.9. The number of piperidine rings is 3. The molecular weight excluding hydrogens is 1670 g/mol. The number of hydrogen-bond donors (Lipinski definition) is 8. The quantitative estimate of drug-likeness (QED) is 0.0175. The van der Waals surface area contributed by atoms with Crippen LogP contribution in [0.3, 0.4) is 0 Å². The van der Waals surface area contributed by atoms with Crippen LogP contribution in [0.25, 0.3) is 0 Å². The zero-order valence-corrected chi connectivity index (χ0v) is 72.5. The largest absolute Gasteiger partial charge is 0.495 e. The number of aromatic nitrogens is 6. The topological polar surface area (TPSA) is 351 Å². The molecule has 6 aromatic rings. The smallest absolute Gasteiger partial charge is 0.419 e. The molecule has 3 saturated carbocycles. The monoisotopic (exact) mass is 1780 g/mol. The van der Waals surface area contributed by atoms with Gasteiger partial charge in [0.1, 0.15) is 17.2 Å². The second-order valence-electron chi connectivity index (χ2n) is 32.5. The van der Waals surface area contributed by atoms with E-state index in [1.165, 1.54) is 27.6 Å². The van der Waals surface area contributed by atoms with Crippen LogP contribution in [0.5, 0.6) is 17.2 Å². The average molecular weight is 1780 g/mol. The molecule has 3 saturated heterocycles. The van der Waals surface area contributed by atoms with Crippen molar-refractivity contribution in [1.29, 1.82) is 0 Å². The van der Waals surface area contributed by atoms with Gasteiger partial charge >= 0.3 is 18.5 Å². The fourth-order valence-corrected chi connectivity index (χ4v) is 19.0. The Kier molecular flexibility index (Phi) is 32.3. The molecule has 3 aromatic carbocycles. The van der Waals surface area contributed by atoms with Gasteiger partial charge in [-0.1, -0.05) is 25.7 Å². The summed E-state index contributed by atoms with van der Waals surface area (Å²) in [5, 5.41) is 17.9. The van der Waals surface area contributed by atoms with Gasteiger partial charge in [0.25, 0.3) is 17.7 Å². The van der Waals surface area contributed by atoms with Crippen molar-refractivity contribution < 1.29 is 89.2 Å². The Balaban J connectivity index is 0.000000192. The molecule has 672 valence electrons. The molecule has 7 atom stereocenters. The lowest BCUT2D eigenvalue weighted by Crippen LogP contribution is -2.43. The van der Waals surface area contributed by atoms with E-state index in [0.717, 1.165) is 135 Å². The van der Waals surface area contributed by atoms with Crippen molar-refractivity contribution in [1.82, 2.24) is 74.3 Å². The maximum atomic E-state index is 13.9. The first-order valence-electron chi connectivity index (χ1n) is 40.5. The number of sulfonamides is 2. The number of carbonyl (C=O) groups is 3. The molecule has 3 aliphatic heterocycles. The lowest BCUT2D eigenvalue weighted by Gasteiger charge is -2.32. The molecule has 8 N–H and O–H groups in total. The highest BCUT2D eigenvalue weighted by atomic mass is 32.2. The van der Waals surface area contributed by atoms with Gasteiger partial charge in [-0.3, -0.25) is 18.6 Å². The molecule has 0 spiro atoms. The van der Waals surface area contributed by atoms with Crippen LogP contribution in [0.4, 0.5) is 74.4 Å². The summed E-state index contributed by atoms with van der Waals surface area (Å²) in [6.45, 7) is 5.45. The van der Waals surface area contributed by atoms with Crippen molar-refractivity contribution in [2.75, 3.05) is 124 Å². The zero-order chi connectivity index (χ0) is 88.8. The van der Waals surface area contributed by atoms with E-state index in [1.54, 1.807) is 66.0 Å². The number of ether oxygens (including phenoxy) is 3. The molecule has 29 nitrogen and oxygen atoms in total. The summed E-state index contributed by atoms with van der Waals surface area (Å²) < 4.78 is 208. The molecule has 1 unspecified atom stereocenters. The number of anilines is 6. The highest BCUT2D eigenvalue weighted by molar-refractivity contribution is 7.97. The number of alkyl halides is 9. The van der Waals surface area contributed by atoms with E-state index in [4.69, 9.17) is 14.2 Å². The van der Waals surface area contributed by atoms with Gasteiger partial charge in [-0.25, -0.2) is 60.5 Å². The summed E-state index contributed by atoms with van der Waals surface area (Å²) in [4.78, 5) is 69.5. The van der Waals surface area contributed by atoms with E-state index in [0.29, 0.717) is 89.5 Å². The molecule has 122 heavy (non-hydrogen) atoms. The molecule has 0 radical (unpaired) electrons. The predicted octanol–water partition coefficient (Wildman–Crippen LogP) is 11.0. The van der Waals surface area contributed by atoms with E-state index in [9.17, 15) is 74.9 Å². The van der Waals surface area contributed by atoms with Crippen LogP contribution >= 0.6 is 0 Å². The molecule has 3 amide bonds. The number of methoxy groups -OCH3 is 3. The summed E-state index contributed by atoms with van der Waals surface area (Å²) in [5.41, 5.74) is -1.01. The predicted molar refractivity (Wildman–Crippen MR) is 448 cm³/mol. The van der Waals surface area contributed by atoms with Gasteiger partial charge < -0.3 is 60.8 Å². The van der Waals surface area contributed by atoms with Gasteiger partial charge in [0.05, 0.1) is 84.7 Å². The number of rotatable bonds is 27. The highest BCUT2D eigenvalue weighted by Crippen LogP contribution is 2.42. The van der Waals surface area contributed by atoms with E-state index in [2.05, 4.69) is 98.9 Å². The number of amides is 3. The third-order valence-electron chi connectivity index (χ3n) is 23.2. The molecule has 0 bridgehead atoms. The van der Waals surface area contributed by atoms with Crippen molar-refractivity contribution >= 4 is 88.3 Å². The molecule has 6 heterocycles. The molecule has 41 heteroatoms. The lowest BCUT2D eigenvalue weighted by atomic mass is 9.81. The van der Waals surface area contributed by atoms with Crippen molar-refractivity contribution in [3.05, 3.63) is 124 Å². The second kappa shape index (κ2) is 41.3. The number of likely N-dealkylation sites (tertiary alicyclic amines) is 3. The van der Waals surface area contributed by atoms with E-state index < -0.39 is 77.1 Å². The Morgan fingerprint density at radius 2 is 0.730 bits per heavy atom. The minimum absolute atomic E-state index is 0.0193.